The van der Waals surface area contributed by atoms with Crippen molar-refractivity contribution < 1.29 is 14.5 Å². The summed E-state index contributed by atoms with van der Waals surface area (Å²) in [7, 11) is 0. The second-order valence-electron chi connectivity index (χ2n) is 3.28. The number of hydroxylamine groups is 1. The van der Waals surface area contributed by atoms with Crippen molar-refractivity contribution in [1.29, 1.82) is 0 Å². The van der Waals surface area contributed by atoms with E-state index in [1.54, 1.807) is 6.07 Å². The molecule has 1 aromatic carbocycles. The second kappa shape index (κ2) is 3.03. The van der Waals surface area contributed by atoms with Crippen LogP contribution in [0.2, 0.25) is 0 Å². The van der Waals surface area contributed by atoms with Crippen LogP contribution in [-0.4, -0.2) is 19.1 Å². The summed E-state index contributed by atoms with van der Waals surface area (Å²) in [6, 6.07) is 3.62. The second-order valence-corrected chi connectivity index (χ2v) is 3.28. The number of carbonyl (C=O) groups excluding carboxylic acids is 1. The highest BCUT2D eigenvalue weighted by atomic mass is 16.8. The highest BCUT2D eigenvalue weighted by Gasteiger charge is 2.26. The number of hydrogen-bond donors (Lipinski definition) is 3. The average Bonchev–Trinajstić information content (AvgIpc) is 2.29. The third-order valence-electron chi connectivity index (χ3n) is 2.35. The lowest BCUT2D eigenvalue weighted by Gasteiger charge is -2.25. The van der Waals surface area contributed by atoms with Crippen molar-refractivity contribution in [3.8, 4) is 5.75 Å². The van der Waals surface area contributed by atoms with Crippen LogP contribution in [0.15, 0.2) is 12.1 Å². The zero-order valence-corrected chi connectivity index (χ0v) is 7.79. The minimum Gasteiger partial charge on any atom is -0.489 e. The predicted octanol–water partition coefficient (Wildman–Crippen LogP) is 0.493. The fourth-order valence-electron chi connectivity index (χ4n) is 1.70. The van der Waals surface area contributed by atoms with Gasteiger partial charge in [0.2, 0.25) is 0 Å². The van der Waals surface area contributed by atoms with Crippen LogP contribution in [0.25, 0.3) is 0 Å². The smallest absolute Gasteiger partial charge is 0.282 e. The van der Waals surface area contributed by atoms with E-state index in [9.17, 15) is 4.79 Å². The van der Waals surface area contributed by atoms with E-state index in [0.29, 0.717) is 23.6 Å². The summed E-state index contributed by atoms with van der Waals surface area (Å²) in [6.07, 6.45) is 0. The van der Waals surface area contributed by atoms with Gasteiger partial charge in [0.05, 0.1) is 11.4 Å². The van der Waals surface area contributed by atoms with E-state index in [4.69, 9.17) is 4.74 Å². The van der Waals surface area contributed by atoms with E-state index >= 15 is 0 Å². The number of benzene rings is 1. The van der Waals surface area contributed by atoms with Gasteiger partial charge in [-0.3, -0.25) is 4.79 Å². The van der Waals surface area contributed by atoms with Gasteiger partial charge in [0.15, 0.2) is 5.75 Å². The number of anilines is 2. The van der Waals surface area contributed by atoms with E-state index in [2.05, 4.69) is 21.2 Å². The van der Waals surface area contributed by atoms with Crippen LogP contribution in [0.5, 0.6) is 5.75 Å². The summed E-state index contributed by atoms with van der Waals surface area (Å²) in [4.78, 5) is 16.2. The molecule has 0 fully saturated rings. The SMILES string of the molecule is O=C1NONc2ccc3c(c21)OCCN3. The Hall–Kier alpha value is -1.95. The van der Waals surface area contributed by atoms with Crippen LogP contribution in [0.4, 0.5) is 11.4 Å². The maximum Gasteiger partial charge on any atom is 0.282 e. The molecule has 0 radical (unpaired) electrons. The monoisotopic (exact) mass is 207 g/mol. The molecule has 0 saturated heterocycles. The van der Waals surface area contributed by atoms with Crippen molar-refractivity contribution in [2.24, 2.45) is 0 Å². The van der Waals surface area contributed by atoms with Crippen molar-refractivity contribution >= 4 is 17.3 Å². The van der Waals surface area contributed by atoms with Gasteiger partial charge in [-0.15, -0.1) is 0 Å². The van der Waals surface area contributed by atoms with Crippen LogP contribution in [0, 0.1) is 0 Å². The Morgan fingerprint density at radius 2 is 2.07 bits per heavy atom. The van der Waals surface area contributed by atoms with Crippen molar-refractivity contribution in [3.05, 3.63) is 17.7 Å². The number of amides is 1. The summed E-state index contributed by atoms with van der Waals surface area (Å²) in [6.45, 7) is 1.30. The fraction of sp³-hybridized carbons (Fsp3) is 0.222. The molecule has 2 aliphatic heterocycles. The molecule has 0 atom stereocenters. The highest BCUT2D eigenvalue weighted by Crippen LogP contribution is 2.37. The third kappa shape index (κ3) is 1.18. The topological polar surface area (TPSA) is 71.6 Å². The Morgan fingerprint density at radius 3 is 3.00 bits per heavy atom. The minimum atomic E-state index is -0.302. The standard InChI is InChI=1S/C9H9N3O3/c13-9-7-5(11-15-12-9)1-2-6-8(7)14-4-3-10-6/h1-2,10-11H,3-4H2,(H,12,13). The highest BCUT2D eigenvalue weighted by molar-refractivity contribution is 6.04. The fourth-order valence-corrected chi connectivity index (χ4v) is 1.70. The normalized spacial score (nSPS) is 17.5. The third-order valence-corrected chi connectivity index (χ3v) is 2.35. The van der Waals surface area contributed by atoms with Gasteiger partial charge in [-0.2, -0.15) is 4.94 Å². The van der Waals surface area contributed by atoms with Crippen molar-refractivity contribution in [2.75, 3.05) is 23.9 Å². The Labute approximate surface area is 85.5 Å². The first-order chi connectivity index (χ1) is 7.36. The first-order valence-corrected chi connectivity index (χ1v) is 4.62. The van der Waals surface area contributed by atoms with Gasteiger partial charge in [0.1, 0.15) is 12.2 Å². The molecule has 0 bridgehead atoms. The van der Waals surface area contributed by atoms with Crippen LogP contribution in [-0.2, 0) is 4.94 Å². The van der Waals surface area contributed by atoms with E-state index in [1.165, 1.54) is 0 Å². The molecule has 1 aromatic rings. The summed E-state index contributed by atoms with van der Waals surface area (Å²) in [5, 5.41) is 3.16. The molecule has 0 saturated carbocycles. The zero-order valence-electron chi connectivity index (χ0n) is 7.79. The van der Waals surface area contributed by atoms with E-state index < -0.39 is 0 Å². The van der Waals surface area contributed by atoms with Crippen LogP contribution in [0.3, 0.4) is 0 Å². The van der Waals surface area contributed by atoms with Gasteiger partial charge in [-0.25, -0.2) is 11.0 Å². The average molecular weight is 207 g/mol. The number of hydrogen-bond acceptors (Lipinski definition) is 5. The molecule has 15 heavy (non-hydrogen) atoms. The molecular weight excluding hydrogens is 198 g/mol. The maximum atomic E-state index is 11.6. The Kier molecular flexibility index (Phi) is 1.69. The molecular formula is C9H9N3O3. The van der Waals surface area contributed by atoms with Crippen LogP contribution >= 0.6 is 0 Å². The van der Waals surface area contributed by atoms with E-state index in [1.807, 2.05) is 6.07 Å². The summed E-state index contributed by atoms with van der Waals surface area (Å²) >= 11 is 0. The van der Waals surface area contributed by atoms with Crippen molar-refractivity contribution in [1.82, 2.24) is 5.48 Å². The Balaban J connectivity index is 2.19. The van der Waals surface area contributed by atoms with Crippen LogP contribution in [0.1, 0.15) is 10.4 Å². The lowest BCUT2D eigenvalue weighted by molar-refractivity contribution is 0.0476. The van der Waals surface area contributed by atoms with Gasteiger partial charge >= 0.3 is 0 Å². The zero-order chi connectivity index (χ0) is 10.3. The molecule has 1 amide bonds. The summed E-state index contributed by atoms with van der Waals surface area (Å²) in [5.74, 6) is 0.274. The first-order valence-electron chi connectivity index (χ1n) is 4.62. The molecule has 0 unspecified atom stereocenters. The number of fused-ring (bicyclic) bond motifs is 3. The summed E-state index contributed by atoms with van der Waals surface area (Å²) in [5.41, 5.74) is 6.76. The molecule has 2 heterocycles. The van der Waals surface area contributed by atoms with Gasteiger partial charge in [0.25, 0.3) is 5.91 Å². The Morgan fingerprint density at radius 1 is 1.20 bits per heavy atom. The predicted molar refractivity (Wildman–Crippen MR) is 52.6 cm³/mol. The molecule has 78 valence electrons. The lowest BCUT2D eigenvalue weighted by Crippen LogP contribution is -2.34. The number of nitrogens with one attached hydrogen (secondary N) is 3. The molecule has 3 N–H and O–H groups in total. The minimum absolute atomic E-state index is 0.302. The van der Waals surface area contributed by atoms with E-state index in [0.717, 1.165) is 12.2 Å². The van der Waals surface area contributed by atoms with Gasteiger partial charge < -0.3 is 10.1 Å². The largest absolute Gasteiger partial charge is 0.489 e. The molecule has 0 spiro atoms. The van der Waals surface area contributed by atoms with Crippen molar-refractivity contribution in [3.63, 3.8) is 0 Å². The number of carbonyl (C=O) groups is 1. The van der Waals surface area contributed by atoms with Gasteiger partial charge in [-0.05, 0) is 12.1 Å². The van der Waals surface area contributed by atoms with Crippen molar-refractivity contribution in [2.45, 2.75) is 0 Å². The van der Waals surface area contributed by atoms with Gasteiger partial charge in [-0.1, -0.05) is 0 Å². The van der Waals surface area contributed by atoms with E-state index in [-0.39, 0.29) is 5.91 Å². The molecule has 6 nitrogen and oxygen atoms in total. The maximum absolute atomic E-state index is 11.6. The van der Waals surface area contributed by atoms with Gasteiger partial charge in [0, 0.05) is 6.54 Å². The molecule has 6 heteroatoms. The first kappa shape index (κ1) is 8.37. The number of ether oxygens (including phenoxy) is 1. The molecule has 3 rings (SSSR count). The summed E-state index contributed by atoms with van der Waals surface area (Å²) < 4.78 is 5.47. The molecule has 2 aliphatic rings. The lowest BCUT2D eigenvalue weighted by atomic mass is 10.1. The van der Waals surface area contributed by atoms with Crippen LogP contribution < -0.4 is 21.0 Å². The molecule has 0 aliphatic carbocycles. The molecule has 0 aromatic heterocycles. The quantitative estimate of drug-likeness (QED) is 0.577. The number of rotatable bonds is 0. The Bertz CT molecular complexity index is 433.